The maximum Gasteiger partial charge on any atom is 0.317 e. The molecular formula is C10H18N2O. The van der Waals surface area contributed by atoms with Crippen LogP contribution in [0.2, 0.25) is 0 Å². The minimum absolute atomic E-state index is 0.107. The normalized spacial score (nSPS) is 30.7. The topological polar surface area (TPSA) is 32.3 Å². The molecule has 0 spiro atoms. The van der Waals surface area contributed by atoms with Crippen molar-refractivity contribution in [2.75, 3.05) is 13.6 Å². The average molecular weight is 182 g/mol. The summed E-state index contributed by atoms with van der Waals surface area (Å²) in [5, 5.41) is 2.90. The van der Waals surface area contributed by atoms with Crippen LogP contribution in [-0.2, 0) is 0 Å². The number of hydrogen-bond acceptors (Lipinski definition) is 1. The van der Waals surface area contributed by atoms with Gasteiger partial charge in [-0.2, -0.15) is 0 Å². The quantitative estimate of drug-likeness (QED) is 0.656. The molecule has 0 bridgehead atoms. The van der Waals surface area contributed by atoms with Crippen molar-refractivity contribution in [1.82, 2.24) is 10.2 Å². The highest BCUT2D eigenvalue weighted by Crippen LogP contribution is 2.29. The van der Waals surface area contributed by atoms with Crippen LogP contribution in [0.5, 0.6) is 0 Å². The van der Waals surface area contributed by atoms with Crippen molar-refractivity contribution >= 4 is 6.03 Å². The van der Waals surface area contributed by atoms with Crippen LogP contribution in [0.3, 0.4) is 0 Å². The first-order valence-electron chi connectivity index (χ1n) is 5.29. The molecule has 1 aliphatic carbocycles. The van der Waals surface area contributed by atoms with E-state index in [4.69, 9.17) is 0 Å². The van der Waals surface area contributed by atoms with E-state index >= 15 is 0 Å². The van der Waals surface area contributed by atoms with Gasteiger partial charge < -0.3 is 10.2 Å². The maximum atomic E-state index is 11.2. The Morgan fingerprint density at radius 1 is 1.31 bits per heavy atom. The van der Waals surface area contributed by atoms with Crippen LogP contribution in [0.4, 0.5) is 4.79 Å². The molecule has 2 fully saturated rings. The van der Waals surface area contributed by atoms with Gasteiger partial charge in [-0.05, 0) is 18.8 Å². The molecule has 1 atom stereocenters. The first-order valence-corrected chi connectivity index (χ1v) is 5.29. The van der Waals surface area contributed by atoms with Gasteiger partial charge in [0.25, 0.3) is 0 Å². The van der Waals surface area contributed by atoms with E-state index in [1.165, 1.54) is 32.1 Å². The van der Waals surface area contributed by atoms with Gasteiger partial charge in [0.2, 0.25) is 0 Å². The molecular weight excluding hydrogens is 164 g/mol. The molecule has 2 amide bonds. The molecule has 1 N–H and O–H groups in total. The molecule has 3 nitrogen and oxygen atoms in total. The van der Waals surface area contributed by atoms with E-state index in [0.29, 0.717) is 6.04 Å². The standard InChI is InChI=1S/C10H18N2O/c1-12-9(7-11-10(12)13)8-5-3-2-4-6-8/h8-9H,2-7H2,1H3,(H,11,13). The molecule has 1 unspecified atom stereocenters. The molecule has 2 aliphatic rings. The Morgan fingerprint density at radius 3 is 2.54 bits per heavy atom. The molecule has 74 valence electrons. The van der Waals surface area contributed by atoms with E-state index in [9.17, 15) is 4.79 Å². The van der Waals surface area contributed by atoms with Gasteiger partial charge in [-0.3, -0.25) is 0 Å². The van der Waals surface area contributed by atoms with E-state index < -0.39 is 0 Å². The summed E-state index contributed by atoms with van der Waals surface area (Å²) >= 11 is 0. The van der Waals surface area contributed by atoms with Gasteiger partial charge in [0.05, 0.1) is 6.04 Å². The van der Waals surface area contributed by atoms with E-state index in [2.05, 4.69) is 5.32 Å². The summed E-state index contributed by atoms with van der Waals surface area (Å²) in [6, 6.07) is 0.573. The largest absolute Gasteiger partial charge is 0.336 e. The summed E-state index contributed by atoms with van der Waals surface area (Å²) in [7, 11) is 1.92. The molecule has 0 aromatic rings. The summed E-state index contributed by atoms with van der Waals surface area (Å²) in [5.74, 6) is 0.748. The van der Waals surface area contributed by atoms with Gasteiger partial charge in [-0.25, -0.2) is 4.79 Å². The van der Waals surface area contributed by atoms with Crippen molar-refractivity contribution in [3.63, 3.8) is 0 Å². The van der Waals surface area contributed by atoms with Crippen molar-refractivity contribution in [2.24, 2.45) is 5.92 Å². The lowest BCUT2D eigenvalue weighted by Gasteiger charge is -2.30. The Bertz CT molecular complexity index is 199. The molecule has 1 saturated heterocycles. The number of rotatable bonds is 1. The molecule has 0 aromatic carbocycles. The fourth-order valence-corrected chi connectivity index (χ4v) is 2.61. The van der Waals surface area contributed by atoms with Crippen LogP contribution in [0.25, 0.3) is 0 Å². The monoisotopic (exact) mass is 182 g/mol. The number of likely N-dealkylation sites (N-methyl/N-ethyl adjacent to an activating group) is 1. The minimum Gasteiger partial charge on any atom is -0.336 e. The van der Waals surface area contributed by atoms with E-state index in [1.807, 2.05) is 11.9 Å². The Morgan fingerprint density at radius 2 is 2.00 bits per heavy atom. The highest BCUT2D eigenvalue weighted by molar-refractivity contribution is 5.76. The summed E-state index contributed by atoms with van der Waals surface area (Å²) in [6.45, 7) is 0.861. The Hall–Kier alpha value is -0.730. The van der Waals surface area contributed by atoms with Crippen molar-refractivity contribution in [3.8, 4) is 0 Å². The van der Waals surface area contributed by atoms with Gasteiger partial charge in [0.1, 0.15) is 0 Å². The van der Waals surface area contributed by atoms with Crippen LogP contribution in [0.15, 0.2) is 0 Å². The fourth-order valence-electron chi connectivity index (χ4n) is 2.61. The Balaban J connectivity index is 1.95. The number of urea groups is 1. The van der Waals surface area contributed by atoms with Crippen LogP contribution in [0, 0.1) is 5.92 Å². The summed E-state index contributed by atoms with van der Waals surface area (Å²) in [5.41, 5.74) is 0. The molecule has 1 heterocycles. The minimum atomic E-state index is 0.107. The SMILES string of the molecule is CN1C(=O)NCC1C1CCCCC1. The van der Waals surface area contributed by atoms with Crippen LogP contribution in [-0.4, -0.2) is 30.6 Å². The molecule has 3 heteroatoms. The van der Waals surface area contributed by atoms with Gasteiger partial charge in [0.15, 0.2) is 0 Å². The van der Waals surface area contributed by atoms with E-state index in [0.717, 1.165) is 12.5 Å². The predicted octanol–water partition coefficient (Wildman–Crippen LogP) is 1.59. The molecule has 13 heavy (non-hydrogen) atoms. The van der Waals surface area contributed by atoms with Crippen LogP contribution in [0.1, 0.15) is 32.1 Å². The summed E-state index contributed by atoms with van der Waals surface area (Å²) in [6.07, 6.45) is 6.70. The second-order valence-electron chi connectivity index (χ2n) is 4.26. The third-order valence-electron chi connectivity index (χ3n) is 3.47. The average Bonchev–Trinajstić information content (AvgIpc) is 2.49. The summed E-state index contributed by atoms with van der Waals surface area (Å²) < 4.78 is 0. The van der Waals surface area contributed by atoms with Crippen molar-refractivity contribution in [2.45, 2.75) is 38.1 Å². The van der Waals surface area contributed by atoms with Crippen molar-refractivity contribution in [1.29, 1.82) is 0 Å². The number of nitrogens with one attached hydrogen (secondary N) is 1. The number of amides is 2. The van der Waals surface area contributed by atoms with Gasteiger partial charge in [-0.15, -0.1) is 0 Å². The lowest BCUT2D eigenvalue weighted by Crippen LogP contribution is -2.36. The second kappa shape index (κ2) is 3.56. The third kappa shape index (κ3) is 1.64. The van der Waals surface area contributed by atoms with E-state index in [-0.39, 0.29) is 6.03 Å². The number of hydrogen-bond donors (Lipinski definition) is 1. The summed E-state index contributed by atoms with van der Waals surface area (Å²) in [4.78, 5) is 13.1. The van der Waals surface area contributed by atoms with Gasteiger partial charge >= 0.3 is 6.03 Å². The fraction of sp³-hybridized carbons (Fsp3) is 0.900. The zero-order valence-electron chi connectivity index (χ0n) is 8.25. The predicted molar refractivity (Wildman–Crippen MR) is 51.5 cm³/mol. The number of nitrogens with zero attached hydrogens (tertiary/aromatic N) is 1. The first kappa shape index (κ1) is 8.85. The maximum absolute atomic E-state index is 11.2. The Labute approximate surface area is 79.5 Å². The lowest BCUT2D eigenvalue weighted by molar-refractivity contribution is 0.184. The Kier molecular flexibility index (Phi) is 2.42. The van der Waals surface area contributed by atoms with Crippen molar-refractivity contribution < 1.29 is 4.79 Å². The van der Waals surface area contributed by atoms with Crippen LogP contribution < -0.4 is 5.32 Å². The second-order valence-corrected chi connectivity index (χ2v) is 4.26. The highest BCUT2D eigenvalue weighted by Gasteiger charge is 2.33. The van der Waals surface area contributed by atoms with E-state index in [1.54, 1.807) is 0 Å². The number of carbonyl (C=O) groups is 1. The zero-order valence-corrected chi connectivity index (χ0v) is 8.25. The number of carbonyl (C=O) groups excluding carboxylic acids is 1. The molecule has 2 rings (SSSR count). The molecule has 1 saturated carbocycles. The van der Waals surface area contributed by atoms with Gasteiger partial charge in [-0.1, -0.05) is 19.3 Å². The zero-order chi connectivity index (χ0) is 9.26. The molecule has 0 aromatic heterocycles. The molecule has 0 radical (unpaired) electrons. The van der Waals surface area contributed by atoms with Crippen molar-refractivity contribution in [3.05, 3.63) is 0 Å². The molecule has 1 aliphatic heterocycles. The first-order chi connectivity index (χ1) is 6.29. The van der Waals surface area contributed by atoms with Gasteiger partial charge in [0, 0.05) is 13.6 Å². The lowest BCUT2D eigenvalue weighted by atomic mass is 9.84. The third-order valence-corrected chi connectivity index (χ3v) is 3.47. The smallest absolute Gasteiger partial charge is 0.317 e. The highest BCUT2D eigenvalue weighted by atomic mass is 16.2. The van der Waals surface area contributed by atoms with Crippen LogP contribution >= 0.6 is 0 Å².